The molecule has 2 rings (SSSR count). The van der Waals surface area contributed by atoms with Gasteiger partial charge in [-0.3, -0.25) is 4.79 Å². The van der Waals surface area contributed by atoms with E-state index in [0.717, 1.165) is 4.90 Å². The fraction of sp³-hybridized carbons (Fsp3) is 0.400. The van der Waals surface area contributed by atoms with E-state index in [4.69, 9.17) is 9.15 Å². The van der Waals surface area contributed by atoms with Crippen molar-refractivity contribution in [1.82, 2.24) is 15.1 Å². The molecule has 0 saturated carbocycles. The van der Waals surface area contributed by atoms with Crippen LogP contribution in [-0.4, -0.2) is 40.8 Å². The van der Waals surface area contributed by atoms with E-state index in [2.05, 4.69) is 10.2 Å². The first-order chi connectivity index (χ1) is 11.3. The van der Waals surface area contributed by atoms with Gasteiger partial charge in [-0.1, -0.05) is 30.3 Å². The number of hydrogen-bond donors (Lipinski definition) is 0. The van der Waals surface area contributed by atoms with Gasteiger partial charge in [-0.15, -0.1) is 10.2 Å². The van der Waals surface area contributed by atoms with Gasteiger partial charge in [-0.25, -0.2) is 0 Å². The number of nitrogens with zero attached hydrogens (tertiary/aromatic N) is 3. The molecule has 0 aliphatic carbocycles. The number of carbonyl (C=O) groups excluding carboxylic acids is 1. The van der Waals surface area contributed by atoms with Crippen molar-refractivity contribution in [3.05, 3.63) is 47.7 Å². The number of hydrogen-bond acceptors (Lipinski definition) is 5. The number of alkyl halides is 3. The molecule has 1 aromatic carbocycles. The Morgan fingerprint density at radius 1 is 1.29 bits per heavy atom. The van der Waals surface area contributed by atoms with Crippen LogP contribution in [0.2, 0.25) is 0 Å². The molecule has 130 valence electrons. The fourth-order valence-electron chi connectivity index (χ4n) is 1.96. The van der Waals surface area contributed by atoms with E-state index >= 15 is 0 Å². The lowest BCUT2D eigenvalue weighted by atomic mass is 10.1. The second-order valence-electron chi connectivity index (χ2n) is 5.11. The first kappa shape index (κ1) is 17.9. The summed E-state index contributed by atoms with van der Waals surface area (Å²) < 4.78 is 49.3. The predicted molar refractivity (Wildman–Crippen MR) is 76.7 cm³/mol. The number of carbonyl (C=O) groups is 1. The molecule has 1 aromatic heterocycles. The average molecular weight is 343 g/mol. The van der Waals surface area contributed by atoms with Crippen molar-refractivity contribution < 1.29 is 27.1 Å². The first-order valence-electron chi connectivity index (χ1n) is 7.03. The largest absolute Gasteiger partial charge is 0.424 e. The number of likely N-dealkylation sites (N-methyl/N-ethyl adjacent to an activating group) is 1. The minimum atomic E-state index is -4.62. The van der Waals surface area contributed by atoms with Crippen molar-refractivity contribution in [2.45, 2.75) is 25.7 Å². The van der Waals surface area contributed by atoms with Crippen LogP contribution in [0.25, 0.3) is 0 Å². The minimum Gasteiger partial charge on any atom is -0.424 e. The van der Waals surface area contributed by atoms with Crippen LogP contribution in [0.15, 0.2) is 34.7 Å². The van der Waals surface area contributed by atoms with Crippen LogP contribution in [0.5, 0.6) is 0 Å². The Bertz CT molecular complexity index is 673. The van der Waals surface area contributed by atoms with Gasteiger partial charge in [0.15, 0.2) is 6.10 Å². The van der Waals surface area contributed by atoms with E-state index in [-0.39, 0.29) is 18.0 Å². The van der Waals surface area contributed by atoms with Crippen molar-refractivity contribution in [2.24, 2.45) is 0 Å². The van der Waals surface area contributed by atoms with Gasteiger partial charge in [-0.05, 0) is 5.56 Å². The number of aromatic nitrogens is 2. The zero-order valence-corrected chi connectivity index (χ0v) is 13.1. The van der Waals surface area contributed by atoms with E-state index in [0.29, 0.717) is 5.89 Å². The van der Waals surface area contributed by atoms with Gasteiger partial charge in [0.25, 0.3) is 0 Å². The van der Waals surface area contributed by atoms with E-state index in [9.17, 15) is 18.0 Å². The molecule has 1 unspecified atom stereocenters. The van der Waals surface area contributed by atoms with Crippen LogP contribution in [0.1, 0.15) is 23.4 Å². The topological polar surface area (TPSA) is 68.5 Å². The lowest BCUT2D eigenvalue weighted by Gasteiger charge is -2.22. The summed E-state index contributed by atoms with van der Waals surface area (Å²) in [4.78, 5) is 13.1. The number of aryl methyl sites for hydroxylation is 1. The van der Waals surface area contributed by atoms with Gasteiger partial charge in [-0.2, -0.15) is 13.2 Å². The van der Waals surface area contributed by atoms with Gasteiger partial charge in [0.1, 0.15) is 6.61 Å². The van der Waals surface area contributed by atoms with Crippen molar-refractivity contribution in [3.63, 3.8) is 0 Å². The van der Waals surface area contributed by atoms with Crippen LogP contribution in [0.4, 0.5) is 13.2 Å². The summed E-state index contributed by atoms with van der Waals surface area (Å²) >= 11 is 0. The van der Waals surface area contributed by atoms with E-state index in [1.54, 1.807) is 13.0 Å². The van der Waals surface area contributed by atoms with Crippen molar-refractivity contribution in [3.8, 4) is 0 Å². The fourth-order valence-corrected chi connectivity index (χ4v) is 1.96. The molecule has 0 aliphatic rings. The van der Waals surface area contributed by atoms with Crippen LogP contribution < -0.4 is 0 Å². The normalized spacial score (nSPS) is 12.9. The lowest BCUT2D eigenvalue weighted by molar-refractivity contribution is -0.224. The molecule has 2 aromatic rings. The number of halogens is 3. The standard InChI is InChI=1S/C15H16F3N3O3/c1-10-19-20-12(24-10)8-21(2)13(22)9-23-14(15(16,17)18)11-6-4-3-5-7-11/h3-7,14H,8-9H2,1-2H3. The predicted octanol–water partition coefficient (Wildman–Crippen LogP) is 2.66. The summed E-state index contributed by atoms with van der Waals surface area (Å²) in [6.45, 7) is 0.864. The highest BCUT2D eigenvalue weighted by Crippen LogP contribution is 2.35. The highest BCUT2D eigenvalue weighted by atomic mass is 19.4. The van der Waals surface area contributed by atoms with Gasteiger partial charge in [0.2, 0.25) is 17.7 Å². The number of rotatable bonds is 6. The Kier molecular flexibility index (Phi) is 5.55. The summed E-state index contributed by atoms with van der Waals surface area (Å²) in [6, 6.07) is 7.15. The van der Waals surface area contributed by atoms with Crippen molar-refractivity contribution in [1.29, 1.82) is 0 Å². The van der Waals surface area contributed by atoms with Gasteiger partial charge >= 0.3 is 6.18 Å². The summed E-state index contributed by atoms with van der Waals surface area (Å²) in [5.41, 5.74) is -0.0621. The summed E-state index contributed by atoms with van der Waals surface area (Å²) in [7, 11) is 1.41. The Labute approximate surface area is 136 Å². The average Bonchev–Trinajstić information content (AvgIpc) is 2.92. The Morgan fingerprint density at radius 2 is 1.96 bits per heavy atom. The molecule has 1 heterocycles. The van der Waals surface area contributed by atoms with E-state index in [1.165, 1.54) is 31.3 Å². The molecule has 0 bridgehead atoms. The van der Waals surface area contributed by atoms with Crippen molar-refractivity contribution >= 4 is 5.91 Å². The van der Waals surface area contributed by atoms with E-state index < -0.39 is 24.8 Å². The second-order valence-corrected chi connectivity index (χ2v) is 5.11. The number of ether oxygens (including phenoxy) is 1. The summed E-state index contributed by atoms with van der Waals surface area (Å²) in [5.74, 6) is -0.0990. The SMILES string of the molecule is Cc1nnc(CN(C)C(=O)COC(c2ccccc2)C(F)(F)F)o1. The molecule has 6 nitrogen and oxygen atoms in total. The molecule has 0 N–H and O–H groups in total. The lowest BCUT2D eigenvalue weighted by Crippen LogP contribution is -2.33. The number of amides is 1. The molecule has 1 atom stereocenters. The first-order valence-corrected chi connectivity index (χ1v) is 7.03. The van der Waals surface area contributed by atoms with E-state index in [1.807, 2.05) is 0 Å². The zero-order valence-electron chi connectivity index (χ0n) is 13.1. The highest BCUT2D eigenvalue weighted by Gasteiger charge is 2.42. The Balaban J connectivity index is 1.97. The molecule has 0 aliphatic heterocycles. The van der Waals surface area contributed by atoms with Crippen LogP contribution in [-0.2, 0) is 16.1 Å². The molecule has 0 fully saturated rings. The maximum absolute atomic E-state index is 13.1. The highest BCUT2D eigenvalue weighted by molar-refractivity contribution is 5.77. The molecule has 0 spiro atoms. The van der Waals surface area contributed by atoms with Crippen LogP contribution in [0.3, 0.4) is 0 Å². The smallest absolute Gasteiger partial charge is 0.418 e. The van der Waals surface area contributed by atoms with Gasteiger partial charge in [0.05, 0.1) is 6.54 Å². The number of benzene rings is 1. The minimum absolute atomic E-state index is 0.00887. The summed E-state index contributed by atoms with van der Waals surface area (Å²) in [6.07, 6.45) is -6.79. The third-order valence-electron chi connectivity index (χ3n) is 3.14. The maximum atomic E-state index is 13.1. The quantitative estimate of drug-likeness (QED) is 0.807. The van der Waals surface area contributed by atoms with Gasteiger partial charge < -0.3 is 14.1 Å². The van der Waals surface area contributed by atoms with Crippen LogP contribution >= 0.6 is 0 Å². The zero-order chi connectivity index (χ0) is 17.7. The molecule has 24 heavy (non-hydrogen) atoms. The molecular weight excluding hydrogens is 327 g/mol. The third kappa shape index (κ3) is 4.79. The Morgan fingerprint density at radius 3 is 2.50 bits per heavy atom. The Hall–Kier alpha value is -2.42. The molecule has 0 radical (unpaired) electrons. The van der Waals surface area contributed by atoms with Crippen molar-refractivity contribution in [2.75, 3.05) is 13.7 Å². The maximum Gasteiger partial charge on any atom is 0.418 e. The molecule has 1 amide bonds. The molecule has 0 saturated heterocycles. The summed E-state index contributed by atoms with van der Waals surface area (Å²) in [5, 5.41) is 7.33. The molecular formula is C15H16F3N3O3. The second kappa shape index (κ2) is 7.43. The monoisotopic (exact) mass is 343 g/mol. The molecule has 9 heteroatoms. The van der Waals surface area contributed by atoms with Gasteiger partial charge in [0, 0.05) is 14.0 Å². The van der Waals surface area contributed by atoms with Crippen LogP contribution in [0, 0.1) is 6.92 Å². The third-order valence-corrected chi connectivity index (χ3v) is 3.14.